The van der Waals surface area contributed by atoms with Crippen LogP contribution in [0, 0.1) is 35.0 Å². The van der Waals surface area contributed by atoms with Crippen LogP contribution in [0.3, 0.4) is 0 Å². The third-order valence-electron chi connectivity index (χ3n) is 7.88. The van der Waals surface area contributed by atoms with Crippen molar-refractivity contribution in [3.05, 3.63) is 11.6 Å². The van der Waals surface area contributed by atoms with E-state index in [0.29, 0.717) is 0 Å². The Balaban J connectivity index is 0.000000670. The van der Waals surface area contributed by atoms with Crippen molar-refractivity contribution in [2.75, 3.05) is 0 Å². The van der Waals surface area contributed by atoms with Gasteiger partial charge < -0.3 is 5.11 Å². The van der Waals surface area contributed by atoms with Crippen molar-refractivity contribution in [3.63, 3.8) is 0 Å². The number of aliphatic hydroxyl groups excluding tert-OH is 1. The van der Waals surface area contributed by atoms with Gasteiger partial charge in [0.25, 0.3) is 0 Å². The van der Waals surface area contributed by atoms with Gasteiger partial charge in [-0.15, -0.1) is 24.0 Å². The fourth-order valence-corrected chi connectivity index (χ4v) is 6.66. The number of hydrogen-bond acceptors (Lipinski definition) is 1. The minimum atomic E-state index is -0.0203. The van der Waals surface area contributed by atoms with E-state index < -0.39 is 0 Å². The standard InChI is InChI=1S/C20H32O.C2H6.HI/c1-13-3-5-15-12-14(11-13)4-6-17-16(15)9-10-20(2)18(17)7-8-19(20)21;1-2;/h11,13,15-19,21H,3-10,12H2,1-2H3;1-2H3;1H/t13?,15-,16?,17?,18?,19?,20+;;/m1../s1. The quantitative estimate of drug-likeness (QED) is 0.329. The number of aliphatic hydroxyl groups is 1. The lowest BCUT2D eigenvalue weighted by Gasteiger charge is -2.49. The average molecular weight is 446 g/mol. The van der Waals surface area contributed by atoms with E-state index in [-0.39, 0.29) is 35.5 Å². The van der Waals surface area contributed by atoms with E-state index in [1.807, 2.05) is 13.8 Å². The molecule has 7 atom stereocenters. The zero-order valence-electron chi connectivity index (χ0n) is 16.3. The molecule has 24 heavy (non-hydrogen) atoms. The van der Waals surface area contributed by atoms with Gasteiger partial charge in [0, 0.05) is 0 Å². The summed E-state index contributed by atoms with van der Waals surface area (Å²) in [5, 5.41) is 10.5. The molecular weight excluding hydrogens is 407 g/mol. The number of hydrogen-bond donors (Lipinski definition) is 1. The van der Waals surface area contributed by atoms with Crippen molar-refractivity contribution in [2.24, 2.45) is 35.0 Å². The van der Waals surface area contributed by atoms with E-state index >= 15 is 0 Å². The molecule has 0 spiro atoms. The zero-order valence-corrected chi connectivity index (χ0v) is 18.6. The van der Waals surface area contributed by atoms with Crippen molar-refractivity contribution >= 4 is 24.0 Å². The third kappa shape index (κ3) is 3.61. The highest BCUT2D eigenvalue weighted by Gasteiger charge is 2.54. The molecule has 2 heteroatoms. The van der Waals surface area contributed by atoms with Crippen LogP contribution in [-0.4, -0.2) is 11.2 Å². The van der Waals surface area contributed by atoms with Crippen molar-refractivity contribution < 1.29 is 5.11 Å². The van der Waals surface area contributed by atoms with E-state index in [0.717, 1.165) is 36.0 Å². The molecule has 140 valence electrons. The molecule has 0 saturated heterocycles. The van der Waals surface area contributed by atoms with Gasteiger partial charge in [-0.2, -0.15) is 0 Å². The van der Waals surface area contributed by atoms with Gasteiger partial charge in [0.1, 0.15) is 0 Å². The number of allylic oxidation sites excluding steroid dienone is 2. The van der Waals surface area contributed by atoms with E-state index in [4.69, 9.17) is 0 Å². The highest BCUT2D eigenvalue weighted by molar-refractivity contribution is 14.0. The van der Waals surface area contributed by atoms with Crippen molar-refractivity contribution in [1.29, 1.82) is 0 Å². The molecule has 1 nitrogen and oxygen atoms in total. The van der Waals surface area contributed by atoms with Gasteiger partial charge >= 0.3 is 0 Å². The van der Waals surface area contributed by atoms with Crippen molar-refractivity contribution in [1.82, 2.24) is 0 Å². The van der Waals surface area contributed by atoms with Gasteiger partial charge in [-0.05, 0) is 92.8 Å². The topological polar surface area (TPSA) is 20.2 Å². The zero-order chi connectivity index (χ0) is 16.6. The molecule has 0 radical (unpaired) electrons. The summed E-state index contributed by atoms with van der Waals surface area (Å²) in [4.78, 5) is 0. The maximum atomic E-state index is 10.5. The molecule has 4 rings (SSSR count). The molecule has 0 aromatic heterocycles. The lowest BCUT2D eigenvalue weighted by molar-refractivity contribution is -0.0463. The molecule has 0 amide bonds. The largest absolute Gasteiger partial charge is 0.393 e. The Morgan fingerprint density at radius 2 is 1.75 bits per heavy atom. The maximum Gasteiger partial charge on any atom is 0.0596 e. The van der Waals surface area contributed by atoms with Gasteiger partial charge in [0.15, 0.2) is 0 Å². The van der Waals surface area contributed by atoms with Crippen molar-refractivity contribution in [2.45, 2.75) is 91.6 Å². The highest BCUT2D eigenvalue weighted by Crippen LogP contribution is 2.60. The van der Waals surface area contributed by atoms with Crippen LogP contribution in [0.15, 0.2) is 11.6 Å². The molecule has 5 unspecified atom stereocenters. The van der Waals surface area contributed by atoms with Crippen LogP contribution < -0.4 is 0 Å². The van der Waals surface area contributed by atoms with Crippen LogP contribution in [0.4, 0.5) is 0 Å². The Bertz CT molecular complexity index is 445. The predicted molar refractivity (Wildman–Crippen MR) is 114 cm³/mol. The van der Waals surface area contributed by atoms with Gasteiger partial charge in [-0.3, -0.25) is 0 Å². The maximum absolute atomic E-state index is 10.5. The highest BCUT2D eigenvalue weighted by atomic mass is 127. The lowest BCUT2D eigenvalue weighted by atomic mass is 9.56. The molecule has 0 heterocycles. The molecule has 4 aliphatic carbocycles. The SMILES string of the molecule is CC.CC1C=C2CCC3C(CC[C@]4(C)C(O)CCC34)[C@H](CC1)C2.I. The minimum absolute atomic E-state index is 0. The normalized spacial score (nSPS) is 46.8. The fraction of sp³-hybridized carbons (Fsp3) is 0.909. The molecule has 0 aromatic rings. The molecule has 3 fully saturated rings. The van der Waals surface area contributed by atoms with E-state index in [9.17, 15) is 5.11 Å². The number of halogens is 1. The molecule has 0 aromatic carbocycles. The van der Waals surface area contributed by atoms with Crippen LogP contribution in [0.2, 0.25) is 0 Å². The summed E-state index contributed by atoms with van der Waals surface area (Å²) in [7, 11) is 0. The molecular formula is C22H39IO. The fourth-order valence-electron chi connectivity index (χ4n) is 6.66. The number of fused-ring (bicyclic) bond motifs is 6. The first kappa shape index (κ1) is 20.7. The van der Waals surface area contributed by atoms with Crippen LogP contribution in [0.25, 0.3) is 0 Å². The summed E-state index contributed by atoms with van der Waals surface area (Å²) < 4.78 is 0. The Morgan fingerprint density at radius 3 is 2.50 bits per heavy atom. The first-order valence-electron chi connectivity index (χ1n) is 10.5. The second kappa shape index (κ2) is 8.41. The molecule has 4 aliphatic rings. The number of rotatable bonds is 0. The molecule has 2 bridgehead atoms. The lowest BCUT2D eigenvalue weighted by Crippen LogP contribution is -2.44. The molecule has 1 N–H and O–H groups in total. The second-order valence-electron chi connectivity index (χ2n) is 8.95. The smallest absolute Gasteiger partial charge is 0.0596 e. The Morgan fingerprint density at radius 1 is 1.00 bits per heavy atom. The van der Waals surface area contributed by atoms with Gasteiger partial charge in [-0.1, -0.05) is 39.3 Å². The van der Waals surface area contributed by atoms with Crippen LogP contribution in [0.5, 0.6) is 0 Å². The first-order valence-corrected chi connectivity index (χ1v) is 10.5. The summed E-state index contributed by atoms with van der Waals surface area (Å²) in [5.41, 5.74) is 2.02. The summed E-state index contributed by atoms with van der Waals surface area (Å²) in [6.07, 6.45) is 14.6. The first-order chi connectivity index (χ1) is 11.1. The van der Waals surface area contributed by atoms with E-state index in [1.165, 1.54) is 51.4 Å². The summed E-state index contributed by atoms with van der Waals surface area (Å²) in [5.74, 6) is 4.44. The summed E-state index contributed by atoms with van der Waals surface area (Å²) in [6, 6.07) is 0. The third-order valence-corrected chi connectivity index (χ3v) is 7.88. The summed E-state index contributed by atoms with van der Waals surface area (Å²) >= 11 is 0. The van der Waals surface area contributed by atoms with Crippen LogP contribution in [-0.2, 0) is 0 Å². The Hall–Kier alpha value is 0.430. The minimum Gasteiger partial charge on any atom is -0.393 e. The van der Waals surface area contributed by atoms with E-state index in [1.54, 1.807) is 5.57 Å². The summed E-state index contributed by atoms with van der Waals surface area (Å²) in [6.45, 7) is 8.81. The predicted octanol–water partition coefficient (Wildman–Crippen LogP) is 6.59. The Labute approximate surface area is 167 Å². The second-order valence-corrected chi connectivity index (χ2v) is 8.95. The molecule has 0 aliphatic heterocycles. The van der Waals surface area contributed by atoms with Crippen LogP contribution >= 0.6 is 24.0 Å². The van der Waals surface area contributed by atoms with Crippen molar-refractivity contribution in [3.8, 4) is 0 Å². The van der Waals surface area contributed by atoms with Gasteiger partial charge in [-0.25, -0.2) is 0 Å². The Kier molecular flexibility index (Phi) is 7.27. The molecule has 3 saturated carbocycles. The van der Waals surface area contributed by atoms with Crippen LogP contribution in [0.1, 0.15) is 85.5 Å². The van der Waals surface area contributed by atoms with E-state index in [2.05, 4.69) is 19.9 Å². The average Bonchev–Trinajstić information content (AvgIpc) is 2.71. The monoisotopic (exact) mass is 446 g/mol. The van der Waals surface area contributed by atoms with Gasteiger partial charge in [0.2, 0.25) is 0 Å². The van der Waals surface area contributed by atoms with Gasteiger partial charge in [0.05, 0.1) is 6.10 Å².